The number of amidine groups is 1. The Kier molecular flexibility index (Phi) is 6.35. The lowest BCUT2D eigenvalue weighted by molar-refractivity contribution is 0.0991. The molecular formula is C20H24N4O6S2. The summed E-state index contributed by atoms with van der Waals surface area (Å²) in [4.78, 5) is 16.6. The lowest BCUT2D eigenvalue weighted by Crippen LogP contribution is -2.35. The maximum absolute atomic E-state index is 12.7. The Morgan fingerprint density at radius 2 is 1.78 bits per heavy atom. The third kappa shape index (κ3) is 4.87. The van der Waals surface area contributed by atoms with Crippen molar-refractivity contribution in [3.8, 4) is 0 Å². The van der Waals surface area contributed by atoms with Crippen LogP contribution in [0.1, 0.15) is 42.7 Å². The van der Waals surface area contributed by atoms with Crippen LogP contribution in [0.25, 0.3) is 0 Å². The van der Waals surface area contributed by atoms with Gasteiger partial charge in [-0.05, 0) is 49.6 Å². The minimum atomic E-state index is -3.83. The molecule has 32 heavy (non-hydrogen) atoms. The first kappa shape index (κ1) is 22.5. The molecule has 3 heterocycles. The Balaban J connectivity index is 1.47. The van der Waals surface area contributed by atoms with Crippen molar-refractivity contribution in [3.63, 3.8) is 0 Å². The van der Waals surface area contributed by atoms with E-state index in [1.807, 2.05) is 0 Å². The lowest BCUT2D eigenvalue weighted by Gasteiger charge is -2.24. The first-order valence-corrected chi connectivity index (χ1v) is 13.3. The molecule has 10 nitrogen and oxygen atoms in total. The van der Waals surface area contributed by atoms with E-state index in [9.17, 15) is 21.6 Å². The monoisotopic (exact) mass is 480 g/mol. The number of benzene rings is 1. The number of sulfonamides is 2. The van der Waals surface area contributed by atoms with Crippen molar-refractivity contribution in [2.24, 2.45) is 4.99 Å². The Morgan fingerprint density at radius 3 is 2.50 bits per heavy atom. The van der Waals surface area contributed by atoms with Crippen LogP contribution in [0, 0.1) is 0 Å². The number of amides is 1. The second-order valence-electron chi connectivity index (χ2n) is 7.60. The number of nitrogens with zero attached hydrogens (tertiary/aromatic N) is 2. The standard InChI is InChI=1S/C20H24N4O6S2/c25-20(17-9-10-19(30-17)32(28,29)24-12-2-1-3-13-24)22-15-6-4-7-16(14-15)31(26,27)23-18-8-5-11-21-18/h4,6-7,9-10,14H,1-3,5,8,11-13H2,(H,21,23)(H,22,25). The summed E-state index contributed by atoms with van der Waals surface area (Å²) in [5, 5.41) is 2.26. The SMILES string of the molecule is O=C(Nc1cccc(S(=O)(=O)NC2=NCCC2)c1)c1ccc(S(=O)(=O)N2CCCCC2)o1. The van der Waals surface area contributed by atoms with Crippen LogP contribution in [0.2, 0.25) is 0 Å². The molecule has 0 atom stereocenters. The highest BCUT2D eigenvalue weighted by Gasteiger charge is 2.29. The molecule has 4 rings (SSSR count). The topological polar surface area (TPSA) is 138 Å². The zero-order valence-electron chi connectivity index (χ0n) is 17.3. The third-order valence-corrected chi connectivity index (χ3v) is 8.39. The molecule has 1 aromatic heterocycles. The molecule has 0 aliphatic carbocycles. The molecule has 12 heteroatoms. The van der Waals surface area contributed by atoms with Gasteiger partial charge < -0.3 is 9.73 Å². The van der Waals surface area contributed by atoms with E-state index in [0.717, 1.165) is 25.7 Å². The number of piperidine rings is 1. The lowest BCUT2D eigenvalue weighted by atomic mass is 10.2. The number of rotatable bonds is 6. The number of carbonyl (C=O) groups is 1. The highest BCUT2D eigenvalue weighted by atomic mass is 32.2. The van der Waals surface area contributed by atoms with Crippen LogP contribution in [0.4, 0.5) is 5.69 Å². The maximum atomic E-state index is 12.7. The van der Waals surface area contributed by atoms with Gasteiger partial charge in [-0.25, -0.2) is 16.8 Å². The zero-order chi connectivity index (χ0) is 22.8. The van der Waals surface area contributed by atoms with Crippen LogP contribution in [-0.2, 0) is 20.0 Å². The van der Waals surface area contributed by atoms with Gasteiger partial charge in [0.25, 0.3) is 26.0 Å². The first-order valence-electron chi connectivity index (χ1n) is 10.3. The summed E-state index contributed by atoms with van der Waals surface area (Å²) in [6.07, 6.45) is 3.92. The molecule has 0 spiro atoms. The molecule has 0 radical (unpaired) electrons. The Labute approximate surface area is 186 Å². The van der Waals surface area contributed by atoms with Crippen molar-refractivity contribution in [2.45, 2.75) is 42.1 Å². The summed E-state index contributed by atoms with van der Waals surface area (Å²) < 4.78 is 59.7. The highest BCUT2D eigenvalue weighted by molar-refractivity contribution is 7.90. The van der Waals surface area contributed by atoms with Gasteiger partial charge in [0.15, 0.2) is 5.76 Å². The number of hydrogen-bond acceptors (Lipinski definition) is 7. The van der Waals surface area contributed by atoms with Crippen LogP contribution in [0.5, 0.6) is 0 Å². The van der Waals surface area contributed by atoms with E-state index in [2.05, 4.69) is 15.0 Å². The average Bonchev–Trinajstić information content (AvgIpc) is 3.47. The molecule has 2 aliphatic rings. The normalized spacial score (nSPS) is 17.7. The van der Waals surface area contributed by atoms with Gasteiger partial charge in [0.2, 0.25) is 5.09 Å². The first-order chi connectivity index (χ1) is 15.3. The largest absolute Gasteiger partial charge is 0.438 e. The van der Waals surface area contributed by atoms with Gasteiger partial charge in [0.05, 0.1) is 4.90 Å². The van der Waals surface area contributed by atoms with Crippen LogP contribution in [0.15, 0.2) is 55.8 Å². The van der Waals surface area contributed by atoms with Crippen LogP contribution >= 0.6 is 0 Å². The van der Waals surface area contributed by atoms with Gasteiger partial charge in [-0.1, -0.05) is 12.5 Å². The summed E-state index contributed by atoms with van der Waals surface area (Å²) in [6.45, 7) is 1.44. The van der Waals surface area contributed by atoms with E-state index < -0.39 is 26.0 Å². The van der Waals surface area contributed by atoms with Gasteiger partial charge in [-0.3, -0.25) is 14.5 Å². The number of aliphatic imine (C=N–C) groups is 1. The molecular weight excluding hydrogens is 456 g/mol. The van der Waals surface area contributed by atoms with Crippen molar-refractivity contribution >= 4 is 37.5 Å². The number of nitrogens with one attached hydrogen (secondary N) is 2. The summed E-state index contributed by atoms with van der Waals surface area (Å²) >= 11 is 0. The summed E-state index contributed by atoms with van der Waals surface area (Å²) in [6, 6.07) is 8.28. The van der Waals surface area contributed by atoms with Gasteiger partial charge in [0.1, 0.15) is 5.84 Å². The van der Waals surface area contributed by atoms with Crippen molar-refractivity contribution < 1.29 is 26.0 Å². The summed E-state index contributed by atoms with van der Waals surface area (Å²) in [5.41, 5.74) is 0.225. The smallest absolute Gasteiger partial charge is 0.291 e. The van der Waals surface area contributed by atoms with E-state index in [4.69, 9.17) is 4.42 Å². The zero-order valence-corrected chi connectivity index (χ0v) is 18.9. The quantitative estimate of drug-likeness (QED) is 0.650. The molecule has 1 saturated heterocycles. The predicted octanol–water partition coefficient (Wildman–Crippen LogP) is 2.18. The molecule has 2 aromatic rings. The van der Waals surface area contributed by atoms with Crippen molar-refractivity contribution in [1.29, 1.82) is 0 Å². The molecule has 1 aromatic carbocycles. The Morgan fingerprint density at radius 1 is 1.00 bits per heavy atom. The van der Waals surface area contributed by atoms with Crippen LogP contribution < -0.4 is 10.0 Å². The summed E-state index contributed by atoms with van der Waals surface area (Å²) in [5.74, 6) is -0.461. The fourth-order valence-corrected chi connectivity index (χ4v) is 6.15. The van der Waals surface area contributed by atoms with Gasteiger partial charge >= 0.3 is 0 Å². The van der Waals surface area contributed by atoms with Crippen molar-refractivity contribution in [1.82, 2.24) is 9.03 Å². The third-order valence-electron chi connectivity index (χ3n) is 5.24. The molecule has 172 valence electrons. The molecule has 0 saturated carbocycles. The number of furan rings is 1. The Hall–Kier alpha value is -2.70. The molecule has 2 N–H and O–H groups in total. The number of anilines is 1. The second-order valence-corrected chi connectivity index (χ2v) is 11.2. The van der Waals surface area contributed by atoms with Gasteiger partial charge in [-0.2, -0.15) is 4.31 Å². The van der Waals surface area contributed by atoms with Gasteiger partial charge in [0, 0.05) is 31.7 Å². The van der Waals surface area contributed by atoms with E-state index in [0.29, 0.717) is 31.9 Å². The second kappa shape index (κ2) is 9.04. The maximum Gasteiger partial charge on any atom is 0.291 e. The predicted molar refractivity (Wildman–Crippen MR) is 118 cm³/mol. The number of carbonyl (C=O) groups excluding carboxylic acids is 1. The van der Waals surface area contributed by atoms with E-state index in [1.165, 1.54) is 40.7 Å². The summed E-state index contributed by atoms with van der Waals surface area (Å²) in [7, 11) is -7.63. The van der Waals surface area contributed by atoms with Crippen LogP contribution in [-0.4, -0.2) is 52.5 Å². The van der Waals surface area contributed by atoms with Gasteiger partial charge in [-0.15, -0.1) is 0 Å². The number of hydrogen-bond donors (Lipinski definition) is 2. The van der Waals surface area contributed by atoms with Crippen LogP contribution in [0.3, 0.4) is 0 Å². The van der Waals surface area contributed by atoms with E-state index in [1.54, 1.807) is 0 Å². The molecule has 0 unspecified atom stereocenters. The highest BCUT2D eigenvalue weighted by Crippen LogP contribution is 2.23. The van der Waals surface area contributed by atoms with Crippen molar-refractivity contribution in [2.75, 3.05) is 25.0 Å². The average molecular weight is 481 g/mol. The minimum Gasteiger partial charge on any atom is -0.438 e. The molecule has 1 fully saturated rings. The Bertz CT molecular complexity index is 1240. The van der Waals surface area contributed by atoms with E-state index in [-0.39, 0.29) is 21.4 Å². The fourth-order valence-electron chi connectivity index (χ4n) is 3.58. The van der Waals surface area contributed by atoms with Crippen molar-refractivity contribution in [3.05, 3.63) is 42.2 Å². The molecule has 1 amide bonds. The van der Waals surface area contributed by atoms with E-state index >= 15 is 0 Å². The molecule has 0 bridgehead atoms. The molecule has 2 aliphatic heterocycles. The fraction of sp³-hybridized carbons (Fsp3) is 0.400. The minimum absolute atomic E-state index is 0.0299.